The molecular formula is C20H32O3. The van der Waals surface area contributed by atoms with Gasteiger partial charge in [0, 0.05) is 6.42 Å². The van der Waals surface area contributed by atoms with Crippen LogP contribution in [-0.2, 0) is 4.79 Å². The Morgan fingerprint density at radius 2 is 1.96 bits per heavy atom. The Hall–Kier alpha value is -0.670. The van der Waals surface area contributed by atoms with Gasteiger partial charge >= 0.3 is 0 Å². The lowest BCUT2D eigenvalue weighted by Crippen LogP contribution is -2.56. The lowest BCUT2D eigenvalue weighted by Gasteiger charge is -2.58. The van der Waals surface area contributed by atoms with Crippen molar-refractivity contribution in [3.8, 4) is 0 Å². The number of aldehydes is 1. The Balaban J connectivity index is 1.98. The van der Waals surface area contributed by atoms with E-state index < -0.39 is 0 Å². The van der Waals surface area contributed by atoms with Gasteiger partial charge in [-0.05, 0) is 74.0 Å². The summed E-state index contributed by atoms with van der Waals surface area (Å²) in [6.07, 6.45) is 8.83. The molecule has 0 bridgehead atoms. The molecule has 0 heterocycles. The summed E-state index contributed by atoms with van der Waals surface area (Å²) in [5.41, 5.74) is 1.22. The molecule has 0 aromatic rings. The van der Waals surface area contributed by atoms with Gasteiger partial charge in [-0.25, -0.2) is 0 Å². The third-order valence-corrected chi connectivity index (χ3v) is 7.75. The van der Waals surface area contributed by atoms with Crippen LogP contribution in [0.15, 0.2) is 11.6 Å². The second-order valence-corrected chi connectivity index (χ2v) is 8.64. The van der Waals surface area contributed by atoms with E-state index in [1.807, 2.05) is 0 Å². The maximum absolute atomic E-state index is 11.1. The van der Waals surface area contributed by atoms with Crippen LogP contribution >= 0.6 is 0 Å². The highest BCUT2D eigenvalue weighted by molar-refractivity contribution is 5.49. The average molecular weight is 320 g/mol. The van der Waals surface area contributed by atoms with Crippen LogP contribution in [0.2, 0.25) is 0 Å². The molecule has 0 aliphatic heterocycles. The molecule has 7 atom stereocenters. The molecule has 0 saturated heterocycles. The van der Waals surface area contributed by atoms with Gasteiger partial charge < -0.3 is 15.0 Å². The Kier molecular flexibility index (Phi) is 4.48. The highest BCUT2D eigenvalue weighted by Gasteiger charge is 2.61. The fraction of sp³-hybridized carbons (Fsp3) is 0.850. The minimum absolute atomic E-state index is 0.0765. The molecular weight excluding hydrogens is 288 g/mol. The standard InChI is InChI=1S/C20H32O3/c1-4-13-6-7-14-15-8-9-17(23)20(15,3)12-16(22)18(14)19(13,2)10-5-11-21/h4,11,14-18,22-23H,5-10,12H2,1-3H3/b13-4-/t14?,15?,16-,17-,18?,19-,20-/m0/s1. The van der Waals surface area contributed by atoms with Gasteiger partial charge in [0.2, 0.25) is 0 Å². The van der Waals surface area contributed by atoms with Crippen molar-refractivity contribution in [2.24, 2.45) is 28.6 Å². The summed E-state index contributed by atoms with van der Waals surface area (Å²) in [6.45, 7) is 6.54. The number of allylic oxidation sites excluding steroid dienone is 2. The Morgan fingerprint density at radius 1 is 1.22 bits per heavy atom. The van der Waals surface area contributed by atoms with Gasteiger partial charge in [0.05, 0.1) is 12.2 Å². The summed E-state index contributed by atoms with van der Waals surface area (Å²) < 4.78 is 0. The van der Waals surface area contributed by atoms with Crippen LogP contribution in [0.25, 0.3) is 0 Å². The second kappa shape index (κ2) is 6.00. The molecule has 23 heavy (non-hydrogen) atoms. The van der Waals surface area contributed by atoms with E-state index in [1.165, 1.54) is 5.57 Å². The van der Waals surface area contributed by atoms with Crippen molar-refractivity contribution in [2.45, 2.75) is 77.9 Å². The van der Waals surface area contributed by atoms with Gasteiger partial charge in [-0.3, -0.25) is 0 Å². The Bertz CT molecular complexity index is 499. The summed E-state index contributed by atoms with van der Waals surface area (Å²) in [6, 6.07) is 0. The molecule has 0 amide bonds. The third kappa shape index (κ3) is 2.42. The highest BCUT2D eigenvalue weighted by atomic mass is 16.3. The summed E-state index contributed by atoms with van der Waals surface area (Å²) >= 11 is 0. The number of fused-ring (bicyclic) bond motifs is 3. The van der Waals surface area contributed by atoms with Crippen LogP contribution in [0.1, 0.15) is 65.7 Å². The predicted molar refractivity (Wildman–Crippen MR) is 90.8 cm³/mol. The number of aliphatic hydroxyl groups is 2. The minimum Gasteiger partial charge on any atom is -0.393 e. The number of hydrogen-bond donors (Lipinski definition) is 2. The molecule has 0 aromatic carbocycles. The normalized spacial score (nSPS) is 51.3. The number of rotatable bonds is 3. The number of carbonyl (C=O) groups is 1. The number of aliphatic hydroxyl groups excluding tert-OH is 2. The lowest BCUT2D eigenvalue weighted by atomic mass is 9.47. The van der Waals surface area contributed by atoms with Gasteiger partial charge in [0.25, 0.3) is 0 Å². The van der Waals surface area contributed by atoms with Gasteiger partial charge in [0.1, 0.15) is 6.29 Å². The van der Waals surface area contributed by atoms with Gasteiger partial charge in [-0.1, -0.05) is 25.5 Å². The predicted octanol–water partition coefficient (Wildman–Crippen LogP) is 3.49. The van der Waals surface area contributed by atoms with E-state index in [9.17, 15) is 15.0 Å². The molecule has 0 aromatic heterocycles. The Morgan fingerprint density at radius 3 is 2.61 bits per heavy atom. The molecule has 3 saturated carbocycles. The summed E-state index contributed by atoms with van der Waals surface area (Å²) in [5, 5.41) is 21.5. The van der Waals surface area contributed by atoms with E-state index in [4.69, 9.17) is 0 Å². The largest absolute Gasteiger partial charge is 0.393 e. The molecule has 3 nitrogen and oxygen atoms in total. The first kappa shape index (κ1) is 17.2. The number of hydrogen-bond acceptors (Lipinski definition) is 3. The smallest absolute Gasteiger partial charge is 0.120 e. The van der Waals surface area contributed by atoms with Crippen LogP contribution in [0.3, 0.4) is 0 Å². The van der Waals surface area contributed by atoms with Gasteiger partial charge in [-0.2, -0.15) is 0 Å². The molecule has 3 unspecified atom stereocenters. The Labute approximate surface area is 140 Å². The average Bonchev–Trinajstić information content (AvgIpc) is 2.80. The summed E-state index contributed by atoms with van der Waals surface area (Å²) in [5.74, 6) is 1.21. The zero-order chi connectivity index (χ0) is 16.8. The van der Waals surface area contributed by atoms with Gasteiger partial charge in [-0.15, -0.1) is 0 Å². The van der Waals surface area contributed by atoms with Crippen molar-refractivity contribution >= 4 is 6.29 Å². The highest BCUT2D eigenvalue weighted by Crippen LogP contribution is 2.64. The van der Waals surface area contributed by atoms with Crippen LogP contribution in [0, 0.1) is 28.6 Å². The summed E-state index contributed by atoms with van der Waals surface area (Å²) in [7, 11) is 0. The van der Waals surface area contributed by atoms with E-state index in [-0.39, 0.29) is 29.0 Å². The van der Waals surface area contributed by atoms with Gasteiger partial charge in [0.15, 0.2) is 0 Å². The van der Waals surface area contributed by atoms with Crippen molar-refractivity contribution in [2.75, 3.05) is 0 Å². The zero-order valence-electron chi connectivity index (χ0n) is 14.8. The van der Waals surface area contributed by atoms with Crippen LogP contribution in [0.5, 0.6) is 0 Å². The monoisotopic (exact) mass is 320 g/mol. The number of carbonyl (C=O) groups excluding carboxylic acids is 1. The van der Waals surface area contributed by atoms with E-state index >= 15 is 0 Å². The molecule has 3 aliphatic carbocycles. The van der Waals surface area contributed by atoms with Crippen molar-refractivity contribution in [1.82, 2.24) is 0 Å². The van der Waals surface area contributed by atoms with E-state index in [2.05, 4.69) is 26.8 Å². The van der Waals surface area contributed by atoms with E-state index in [0.717, 1.165) is 38.4 Å². The molecule has 3 fully saturated rings. The van der Waals surface area contributed by atoms with Crippen molar-refractivity contribution in [3.05, 3.63) is 11.6 Å². The molecule has 130 valence electrons. The minimum atomic E-state index is -0.374. The maximum Gasteiger partial charge on any atom is 0.120 e. The molecule has 2 N–H and O–H groups in total. The fourth-order valence-corrected chi connectivity index (χ4v) is 6.61. The lowest BCUT2D eigenvalue weighted by molar-refractivity contribution is -0.139. The van der Waals surface area contributed by atoms with Crippen molar-refractivity contribution in [3.63, 3.8) is 0 Å². The van der Waals surface area contributed by atoms with Crippen LogP contribution in [0.4, 0.5) is 0 Å². The van der Waals surface area contributed by atoms with Crippen molar-refractivity contribution < 1.29 is 15.0 Å². The molecule has 3 aliphatic rings. The van der Waals surface area contributed by atoms with E-state index in [0.29, 0.717) is 24.7 Å². The van der Waals surface area contributed by atoms with Crippen LogP contribution < -0.4 is 0 Å². The quantitative estimate of drug-likeness (QED) is 0.618. The third-order valence-electron chi connectivity index (χ3n) is 7.75. The molecule has 0 radical (unpaired) electrons. The second-order valence-electron chi connectivity index (χ2n) is 8.64. The first-order valence-corrected chi connectivity index (χ1v) is 9.34. The first-order chi connectivity index (χ1) is 10.9. The van der Waals surface area contributed by atoms with Crippen molar-refractivity contribution in [1.29, 1.82) is 0 Å². The van der Waals surface area contributed by atoms with Crippen LogP contribution in [-0.4, -0.2) is 28.7 Å². The molecule has 3 rings (SSSR count). The maximum atomic E-state index is 11.1. The van der Waals surface area contributed by atoms with E-state index in [1.54, 1.807) is 0 Å². The SMILES string of the molecule is C/C=C1/CCC2C([C@@H](O)C[C@@]3(C)C2CC[C@@H]3O)[C@@]1(C)CCC=O. The summed E-state index contributed by atoms with van der Waals surface area (Å²) in [4.78, 5) is 11.0. The zero-order valence-corrected chi connectivity index (χ0v) is 14.8. The molecule has 0 spiro atoms. The topological polar surface area (TPSA) is 57.5 Å². The molecule has 3 heteroatoms. The first-order valence-electron chi connectivity index (χ1n) is 9.34. The fourth-order valence-electron chi connectivity index (χ4n) is 6.61.